The minimum atomic E-state index is 0.0562. The van der Waals surface area contributed by atoms with Gasteiger partial charge in [0.25, 0.3) is 5.91 Å². The maximum atomic E-state index is 12.9. The first-order valence-corrected chi connectivity index (χ1v) is 9.96. The van der Waals surface area contributed by atoms with Gasteiger partial charge in [-0.15, -0.1) is 0 Å². The van der Waals surface area contributed by atoms with Crippen molar-refractivity contribution in [2.75, 3.05) is 39.3 Å². The molecule has 5 heteroatoms. The summed E-state index contributed by atoms with van der Waals surface area (Å²) in [5.74, 6) is 1.39. The number of rotatable bonds is 6. The second-order valence-corrected chi connectivity index (χ2v) is 7.97. The molecular formula is C21H32N2O3. The van der Waals surface area contributed by atoms with Gasteiger partial charge in [-0.2, -0.15) is 0 Å². The Bertz CT molecular complexity index is 581. The lowest BCUT2D eigenvalue weighted by Crippen LogP contribution is -2.37. The third-order valence-electron chi connectivity index (χ3n) is 5.51. The van der Waals surface area contributed by atoms with Crippen molar-refractivity contribution in [3.63, 3.8) is 0 Å². The highest BCUT2D eigenvalue weighted by molar-refractivity contribution is 5.94. The van der Waals surface area contributed by atoms with Gasteiger partial charge in [0.1, 0.15) is 5.75 Å². The topological polar surface area (TPSA) is 53.0 Å². The summed E-state index contributed by atoms with van der Waals surface area (Å²) in [4.78, 5) is 17.3. The Balaban J connectivity index is 1.60. The quantitative estimate of drug-likeness (QED) is 0.847. The molecule has 1 N–H and O–H groups in total. The van der Waals surface area contributed by atoms with E-state index in [9.17, 15) is 9.90 Å². The monoisotopic (exact) mass is 360 g/mol. The number of hydrogen-bond donors (Lipinski definition) is 1. The average Bonchev–Trinajstić information content (AvgIpc) is 3.05. The first-order chi connectivity index (χ1) is 12.6. The number of aliphatic hydroxyl groups excluding tert-OH is 1. The highest BCUT2D eigenvalue weighted by Crippen LogP contribution is 2.27. The van der Waals surface area contributed by atoms with Crippen molar-refractivity contribution < 1.29 is 14.6 Å². The van der Waals surface area contributed by atoms with E-state index in [0.29, 0.717) is 18.0 Å². The standard InChI is InChI=1S/C21H32N2O3/c1-16(2)26-20-8-6-17(7-9-20)21(25)23-13-18(19(14-23)15-24)12-22-10-4-3-5-11-22/h6-9,16,18-19,24H,3-5,10-15H2,1-2H3/t18-,19-/m1/s1. The van der Waals surface area contributed by atoms with Gasteiger partial charge in [-0.1, -0.05) is 6.42 Å². The summed E-state index contributed by atoms with van der Waals surface area (Å²) in [5, 5.41) is 9.78. The zero-order valence-electron chi connectivity index (χ0n) is 16.1. The van der Waals surface area contributed by atoms with E-state index in [1.807, 2.05) is 43.0 Å². The van der Waals surface area contributed by atoms with Crippen molar-refractivity contribution in [1.82, 2.24) is 9.80 Å². The summed E-state index contributed by atoms with van der Waals surface area (Å²) < 4.78 is 5.65. The van der Waals surface area contributed by atoms with Crippen molar-refractivity contribution in [2.24, 2.45) is 11.8 Å². The van der Waals surface area contributed by atoms with Crippen LogP contribution in [0.15, 0.2) is 24.3 Å². The van der Waals surface area contributed by atoms with Crippen LogP contribution in [0, 0.1) is 11.8 Å². The first-order valence-electron chi connectivity index (χ1n) is 9.96. The number of carbonyl (C=O) groups is 1. The van der Waals surface area contributed by atoms with Crippen LogP contribution in [-0.2, 0) is 0 Å². The third kappa shape index (κ3) is 4.77. The van der Waals surface area contributed by atoms with Gasteiger partial charge in [0.15, 0.2) is 0 Å². The molecule has 2 atom stereocenters. The van der Waals surface area contributed by atoms with Crippen molar-refractivity contribution in [3.05, 3.63) is 29.8 Å². The minimum Gasteiger partial charge on any atom is -0.491 e. The zero-order chi connectivity index (χ0) is 18.5. The van der Waals surface area contributed by atoms with Crippen LogP contribution in [0.3, 0.4) is 0 Å². The van der Waals surface area contributed by atoms with E-state index in [-0.39, 0.29) is 24.5 Å². The molecule has 2 saturated heterocycles. The highest BCUT2D eigenvalue weighted by atomic mass is 16.5. The van der Waals surface area contributed by atoms with Crippen LogP contribution in [0.5, 0.6) is 5.75 Å². The van der Waals surface area contributed by atoms with E-state index in [0.717, 1.165) is 31.9 Å². The summed E-state index contributed by atoms with van der Waals surface area (Å²) in [6.07, 6.45) is 3.98. The lowest BCUT2D eigenvalue weighted by molar-refractivity contribution is 0.0778. The van der Waals surface area contributed by atoms with Crippen molar-refractivity contribution >= 4 is 5.91 Å². The van der Waals surface area contributed by atoms with Gasteiger partial charge in [0.2, 0.25) is 0 Å². The first kappa shape index (κ1) is 19.2. The molecule has 2 aliphatic rings. The predicted octanol–water partition coefficient (Wildman–Crippen LogP) is 2.64. The fourth-order valence-corrected chi connectivity index (χ4v) is 4.12. The fraction of sp³-hybridized carbons (Fsp3) is 0.667. The molecule has 0 unspecified atom stereocenters. The molecule has 0 aliphatic carbocycles. The van der Waals surface area contributed by atoms with Gasteiger partial charge in [-0.3, -0.25) is 4.79 Å². The fourth-order valence-electron chi connectivity index (χ4n) is 4.12. The number of benzene rings is 1. The molecule has 0 aromatic heterocycles. The summed E-state index contributed by atoms with van der Waals surface area (Å²) in [5.41, 5.74) is 0.691. The Morgan fingerprint density at radius 3 is 2.38 bits per heavy atom. The molecule has 2 aliphatic heterocycles. The number of likely N-dealkylation sites (tertiary alicyclic amines) is 2. The number of hydrogen-bond acceptors (Lipinski definition) is 4. The minimum absolute atomic E-state index is 0.0562. The van der Waals surface area contributed by atoms with Crippen LogP contribution in [0.4, 0.5) is 0 Å². The molecule has 1 amide bonds. The van der Waals surface area contributed by atoms with Gasteiger partial charge >= 0.3 is 0 Å². The van der Waals surface area contributed by atoms with Crippen molar-refractivity contribution in [3.8, 4) is 5.75 Å². The number of ether oxygens (including phenoxy) is 1. The van der Waals surface area contributed by atoms with Gasteiger partial charge in [0, 0.05) is 37.7 Å². The Morgan fingerprint density at radius 2 is 1.77 bits per heavy atom. The lowest BCUT2D eigenvalue weighted by atomic mass is 9.95. The molecule has 0 spiro atoms. The third-order valence-corrected chi connectivity index (χ3v) is 5.51. The molecule has 144 valence electrons. The van der Waals surface area contributed by atoms with E-state index in [1.165, 1.54) is 19.3 Å². The van der Waals surface area contributed by atoms with E-state index >= 15 is 0 Å². The van der Waals surface area contributed by atoms with Crippen molar-refractivity contribution in [2.45, 2.75) is 39.2 Å². The van der Waals surface area contributed by atoms with Gasteiger partial charge in [-0.25, -0.2) is 0 Å². The van der Waals surface area contributed by atoms with Crippen LogP contribution in [0.25, 0.3) is 0 Å². The van der Waals surface area contributed by atoms with Gasteiger partial charge in [-0.05, 0) is 70.0 Å². The molecule has 0 bridgehead atoms. The molecule has 1 aromatic rings. The average molecular weight is 360 g/mol. The van der Waals surface area contributed by atoms with Crippen LogP contribution >= 0.6 is 0 Å². The van der Waals surface area contributed by atoms with Crippen LogP contribution in [0.1, 0.15) is 43.5 Å². The van der Waals surface area contributed by atoms with Crippen LogP contribution < -0.4 is 4.74 Å². The van der Waals surface area contributed by atoms with Crippen molar-refractivity contribution in [1.29, 1.82) is 0 Å². The molecule has 0 saturated carbocycles. The lowest BCUT2D eigenvalue weighted by Gasteiger charge is -2.30. The Hall–Kier alpha value is -1.59. The SMILES string of the molecule is CC(C)Oc1ccc(C(=O)N2C[C@@H](CN3CCCCC3)[C@@H](CO)C2)cc1. The maximum Gasteiger partial charge on any atom is 0.253 e. The van der Waals surface area contributed by atoms with E-state index in [2.05, 4.69) is 4.90 Å². The normalized spacial score (nSPS) is 24.2. The largest absolute Gasteiger partial charge is 0.491 e. The predicted molar refractivity (Wildman–Crippen MR) is 102 cm³/mol. The van der Waals surface area contributed by atoms with Gasteiger partial charge < -0.3 is 19.6 Å². The molecule has 26 heavy (non-hydrogen) atoms. The molecule has 2 heterocycles. The summed E-state index contributed by atoms with van der Waals surface area (Å²) in [7, 11) is 0. The Morgan fingerprint density at radius 1 is 1.12 bits per heavy atom. The summed E-state index contributed by atoms with van der Waals surface area (Å²) in [6, 6.07) is 7.40. The smallest absolute Gasteiger partial charge is 0.253 e. The summed E-state index contributed by atoms with van der Waals surface area (Å²) in [6.45, 7) is 8.82. The van der Waals surface area contributed by atoms with E-state index in [4.69, 9.17) is 4.74 Å². The molecular weight excluding hydrogens is 328 g/mol. The highest BCUT2D eigenvalue weighted by Gasteiger charge is 2.36. The van der Waals surface area contributed by atoms with E-state index in [1.54, 1.807) is 0 Å². The van der Waals surface area contributed by atoms with E-state index < -0.39 is 0 Å². The number of aliphatic hydroxyl groups is 1. The number of piperidine rings is 1. The maximum absolute atomic E-state index is 12.9. The van der Waals surface area contributed by atoms with Gasteiger partial charge in [0.05, 0.1) is 6.10 Å². The number of carbonyl (C=O) groups excluding carboxylic acids is 1. The molecule has 3 rings (SSSR count). The van der Waals surface area contributed by atoms with Crippen LogP contribution in [-0.4, -0.2) is 66.2 Å². The molecule has 5 nitrogen and oxygen atoms in total. The summed E-state index contributed by atoms with van der Waals surface area (Å²) >= 11 is 0. The molecule has 0 radical (unpaired) electrons. The zero-order valence-corrected chi connectivity index (χ0v) is 16.1. The molecule has 1 aromatic carbocycles. The molecule has 2 fully saturated rings. The number of nitrogens with zero attached hydrogens (tertiary/aromatic N) is 2. The Kier molecular flexibility index (Phi) is 6.54. The second-order valence-electron chi connectivity index (χ2n) is 7.97. The second kappa shape index (κ2) is 8.87. The van der Waals surface area contributed by atoms with Crippen LogP contribution in [0.2, 0.25) is 0 Å². The Labute approximate surface area is 156 Å². The number of amides is 1.